The number of alkyl carbamates (subject to hydrolysis) is 1. The first-order valence-corrected chi connectivity index (χ1v) is 11.6. The van der Waals surface area contributed by atoms with Gasteiger partial charge in [0.25, 0.3) is 0 Å². The third kappa shape index (κ3) is 4.33. The van der Waals surface area contributed by atoms with Crippen LogP contribution in [0.25, 0.3) is 0 Å². The summed E-state index contributed by atoms with van der Waals surface area (Å²) < 4.78 is 32.4. The predicted molar refractivity (Wildman–Crippen MR) is 118 cm³/mol. The average Bonchev–Trinajstić information content (AvgIpc) is 3.30. The van der Waals surface area contributed by atoms with E-state index in [-0.39, 0.29) is 11.4 Å². The average molecular weight is 451 g/mol. The highest BCUT2D eigenvalue weighted by molar-refractivity contribution is 7.92. The lowest BCUT2D eigenvalue weighted by atomic mass is 10.1. The summed E-state index contributed by atoms with van der Waals surface area (Å²) in [6.07, 6.45) is -0.700. The molecule has 0 heterocycles. The molecule has 3 atom stereocenters. The van der Waals surface area contributed by atoms with Crippen LogP contribution in [0.4, 0.5) is 4.79 Å². The Labute approximate surface area is 182 Å². The maximum Gasteiger partial charge on any atom is 0.408 e. The molecular formula is C22H27ClN2O4S. The summed E-state index contributed by atoms with van der Waals surface area (Å²) >= 11 is 6.00. The van der Waals surface area contributed by atoms with Crippen molar-refractivity contribution in [1.29, 1.82) is 0 Å². The van der Waals surface area contributed by atoms with Crippen molar-refractivity contribution in [2.45, 2.75) is 54.9 Å². The lowest BCUT2D eigenvalue weighted by Crippen LogP contribution is -2.49. The number of sulfone groups is 1. The molecule has 0 aromatic heterocycles. The Morgan fingerprint density at radius 1 is 1.13 bits per heavy atom. The van der Waals surface area contributed by atoms with Gasteiger partial charge in [-0.2, -0.15) is 0 Å². The van der Waals surface area contributed by atoms with E-state index in [1.165, 1.54) is 0 Å². The zero-order valence-electron chi connectivity index (χ0n) is 17.5. The number of carbonyl (C=O) groups excluding carboxylic acids is 1. The zero-order chi connectivity index (χ0) is 22.3. The molecule has 1 saturated carbocycles. The molecule has 3 N–H and O–H groups in total. The lowest BCUT2D eigenvalue weighted by molar-refractivity contribution is 0.0497. The molecule has 1 aliphatic carbocycles. The number of nitrogens with one attached hydrogen (secondary N) is 1. The molecule has 30 heavy (non-hydrogen) atoms. The van der Waals surface area contributed by atoms with E-state index < -0.39 is 38.2 Å². The van der Waals surface area contributed by atoms with Crippen molar-refractivity contribution in [2.75, 3.05) is 6.54 Å². The van der Waals surface area contributed by atoms with Crippen LogP contribution >= 0.6 is 11.6 Å². The van der Waals surface area contributed by atoms with Crippen molar-refractivity contribution >= 4 is 27.5 Å². The smallest absolute Gasteiger partial charge is 0.408 e. The van der Waals surface area contributed by atoms with Crippen LogP contribution in [-0.4, -0.2) is 37.4 Å². The highest BCUT2D eigenvalue weighted by Gasteiger charge is 2.71. The van der Waals surface area contributed by atoms with Gasteiger partial charge in [-0.25, -0.2) is 13.2 Å². The number of benzene rings is 2. The van der Waals surface area contributed by atoms with Crippen molar-refractivity contribution in [3.63, 3.8) is 0 Å². The SMILES string of the molecule is Cc1ccc(S(=O)(=O)[C@H]2[C@H](c3ccc(Cl)cc3)[C@@]2(CN)NC(=O)OC(C)(C)C)cc1. The second-order valence-corrected chi connectivity index (χ2v) is 11.2. The Balaban J connectivity index is 2.03. The number of hydrogen-bond donors (Lipinski definition) is 2. The summed E-state index contributed by atoms with van der Waals surface area (Å²) in [5, 5.41) is 2.39. The molecule has 2 aromatic carbocycles. The highest BCUT2D eigenvalue weighted by atomic mass is 35.5. The van der Waals surface area contributed by atoms with Crippen molar-refractivity contribution in [2.24, 2.45) is 5.73 Å². The third-order valence-electron chi connectivity index (χ3n) is 5.24. The molecule has 1 amide bonds. The van der Waals surface area contributed by atoms with E-state index in [9.17, 15) is 13.2 Å². The number of amides is 1. The molecule has 3 rings (SSSR count). The first-order valence-electron chi connectivity index (χ1n) is 9.68. The molecule has 1 fully saturated rings. The van der Waals surface area contributed by atoms with Gasteiger partial charge < -0.3 is 15.8 Å². The summed E-state index contributed by atoms with van der Waals surface area (Å²) in [6.45, 7) is 7.05. The first-order chi connectivity index (χ1) is 13.9. The van der Waals surface area contributed by atoms with Gasteiger partial charge in [-0.15, -0.1) is 0 Å². The highest BCUT2D eigenvalue weighted by Crippen LogP contribution is 2.57. The number of nitrogens with two attached hydrogens (primary N) is 1. The monoisotopic (exact) mass is 450 g/mol. The zero-order valence-corrected chi connectivity index (χ0v) is 19.0. The van der Waals surface area contributed by atoms with E-state index in [0.717, 1.165) is 11.1 Å². The normalized spacial score (nSPS) is 23.7. The van der Waals surface area contributed by atoms with Crippen LogP contribution in [0.5, 0.6) is 0 Å². The van der Waals surface area contributed by atoms with Gasteiger partial charge in [0.2, 0.25) is 0 Å². The summed E-state index contributed by atoms with van der Waals surface area (Å²) in [4.78, 5) is 12.7. The molecule has 0 aliphatic heterocycles. The molecule has 0 unspecified atom stereocenters. The quantitative estimate of drug-likeness (QED) is 0.721. The first kappa shape index (κ1) is 22.6. The minimum absolute atomic E-state index is 0.0602. The van der Waals surface area contributed by atoms with Crippen molar-refractivity contribution in [3.8, 4) is 0 Å². The molecule has 2 aromatic rings. The second kappa shape index (κ2) is 7.87. The van der Waals surface area contributed by atoms with Gasteiger partial charge >= 0.3 is 6.09 Å². The van der Waals surface area contributed by atoms with E-state index >= 15 is 0 Å². The standard InChI is InChI=1S/C22H27ClN2O4S/c1-14-5-11-17(12-6-14)30(27,28)19-18(15-7-9-16(23)10-8-15)22(19,13-24)25-20(26)29-21(2,3)4/h5-12,18-19H,13,24H2,1-4H3,(H,25,26)/t18-,19-,22+/m0/s1. The number of aryl methyl sites for hydroxylation is 1. The Kier molecular flexibility index (Phi) is 5.93. The molecule has 162 valence electrons. The van der Waals surface area contributed by atoms with Crippen LogP contribution in [0, 0.1) is 6.92 Å². The van der Waals surface area contributed by atoms with E-state index in [4.69, 9.17) is 22.1 Å². The van der Waals surface area contributed by atoms with Crippen LogP contribution in [0.3, 0.4) is 0 Å². The van der Waals surface area contributed by atoms with Gasteiger partial charge in [0.05, 0.1) is 10.4 Å². The van der Waals surface area contributed by atoms with Crippen LogP contribution in [0.2, 0.25) is 5.02 Å². The summed E-state index contributed by atoms with van der Waals surface area (Å²) in [5.74, 6) is -0.529. The Hall–Kier alpha value is -2.09. The van der Waals surface area contributed by atoms with Crippen LogP contribution < -0.4 is 11.1 Å². The summed E-state index contributed by atoms with van der Waals surface area (Å²) in [5.41, 5.74) is 5.85. The topological polar surface area (TPSA) is 98.5 Å². The lowest BCUT2D eigenvalue weighted by Gasteiger charge is -2.24. The van der Waals surface area contributed by atoms with Crippen LogP contribution in [0.1, 0.15) is 37.8 Å². The number of ether oxygens (including phenoxy) is 1. The Morgan fingerprint density at radius 2 is 1.70 bits per heavy atom. The molecule has 0 saturated heterocycles. The molecule has 0 radical (unpaired) electrons. The summed E-state index contributed by atoms with van der Waals surface area (Å²) in [7, 11) is -3.78. The third-order valence-corrected chi connectivity index (χ3v) is 7.78. The molecule has 0 bridgehead atoms. The maximum absolute atomic E-state index is 13.5. The fourth-order valence-corrected chi connectivity index (χ4v) is 6.28. The van der Waals surface area contributed by atoms with E-state index in [1.807, 2.05) is 6.92 Å². The van der Waals surface area contributed by atoms with Gasteiger partial charge in [-0.1, -0.05) is 41.4 Å². The molecular weight excluding hydrogens is 424 g/mol. The predicted octanol–water partition coefficient (Wildman–Crippen LogP) is 3.81. The van der Waals surface area contributed by atoms with Crippen molar-refractivity contribution in [1.82, 2.24) is 5.32 Å². The van der Waals surface area contributed by atoms with Gasteiger partial charge in [-0.3, -0.25) is 0 Å². The molecule has 0 spiro atoms. The van der Waals surface area contributed by atoms with Crippen LogP contribution in [0.15, 0.2) is 53.4 Å². The molecule has 8 heteroatoms. The van der Waals surface area contributed by atoms with Crippen molar-refractivity contribution in [3.05, 3.63) is 64.7 Å². The largest absolute Gasteiger partial charge is 0.444 e. The van der Waals surface area contributed by atoms with Gasteiger partial charge in [-0.05, 0) is 57.5 Å². The minimum Gasteiger partial charge on any atom is -0.444 e. The number of halogens is 1. The number of rotatable bonds is 5. The fraction of sp³-hybridized carbons (Fsp3) is 0.409. The molecule has 6 nitrogen and oxygen atoms in total. The van der Waals surface area contributed by atoms with E-state index in [0.29, 0.717) is 5.02 Å². The Bertz CT molecular complexity index is 1030. The van der Waals surface area contributed by atoms with E-state index in [1.54, 1.807) is 69.3 Å². The maximum atomic E-state index is 13.5. The number of hydrogen-bond acceptors (Lipinski definition) is 5. The van der Waals surface area contributed by atoms with Gasteiger partial charge in [0.15, 0.2) is 9.84 Å². The minimum atomic E-state index is -3.78. The second-order valence-electron chi connectivity index (χ2n) is 8.68. The Morgan fingerprint density at radius 3 is 2.20 bits per heavy atom. The van der Waals surface area contributed by atoms with Crippen LogP contribution in [-0.2, 0) is 14.6 Å². The van der Waals surface area contributed by atoms with E-state index in [2.05, 4.69) is 5.32 Å². The van der Waals surface area contributed by atoms with Crippen molar-refractivity contribution < 1.29 is 17.9 Å². The molecule has 1 aliphatic rings. The summed E-state index contributed by atoms with van der Waals surface area (Å²) in [6, 6.07) is 13.6. The fourth-order valence-electron chi connectivity index (χ4n) is 3.81. The van der Waals surface area contributed by atoms with Gasteiger partial charge in [0, 0.05) is 17.5 Å². The number of carbonyl (C=O) groups is 1. The van der Waals surface area contributed by atoms with Gasteiger partial charge in [0.1, 0.15) is 10.9 Å².